The van der Waals surface area contributed by atoms with Crippen LogP contribution in [0, 0.1) is 27.7 Å². The van der Waals surface area contributed by atoms with Gasteiger partial charge in [-0.05, 0) is 114 Å². The van der Waals surface area contributed by atoms with Gasteiger partial charge in [0.15, 0.2) is 0 Å². The number of carbonyl (C=O) groups is 2. The van der Waals surface area contributed by atoms with Crippen LogP contribution in [0.1, 0.15) is 61.8 Å². The number of carbonyl (C=O) groups excluding carboxylic acids is 1. The van der Waals surface area contributed by atoms with Gasteiger partial charge in [-0.15, -0.1) is 0 Å². The molecule has 3 aromatic heterocycles. The van der Waals surface area contributed by atoms with Gasteiger partial charge in [0, 0.05) is 65.0 Å². The molecule has 1 aliphatic rings. The van der Waals surface area contributed by atoms with Crippen molar-refractivity contribution in [2.24, 2.45) is 0 Å². The monoisotopic (exact) mass is 754 g/mol. The first-order valence-corrected chi connectivity index (χ1v) is 18.7. The van der Waals surface area contributed by atoms with Crippen molar-refractivity contribution in [3.63, 3.8) is 0 Å². The van der Waals surface area contributed by atoms with E-state index in [9.17, 15) is 9.90 Å². The number of ether oxygens (including phenoxy) is 1. The Morgan fingerprint density at radius 2 is 1.75 bits per heavy atom. The van der Waals surface area contributed by atoms with Gasteiger partial charge in [-0.1, -0.05) is 29.3 Å². The van der Waals surface area contributed by atoms with Crippen molar-refractivity contribution < 1.29 is 19.4 Å². The Balaban J connectivity index is 1.36. The zero-order valence-corrected chi connectivity index (χ0v) is 32.5. The van der Waals surface area contributed by atoms with Gasteiger partial charge < -0.3 is 28.8 Å². The molecule has 3 aromatic carbocycles. The third kappa shape index (κ3) is 6.68. The van der Waals surface area contributed by atoms with Crippen LogP contribution in [0.4, 0.5) is 5.69 Å². The molecule has 0 radical (unpaired) electrons. The molecular formula is C41H44Cl2N6O4. The van der Waals surface area contributed by atoms with Gasteiger partial charge in [0.1, 0.15) is 11.4 Å². The third-order valence-corrected chi connectivity index (χ3v) is 11.2. The van der Waals surface area contributed by atoms with Gasteiger partial charge in [0.25, 0.3) is 5.91 Å². The number of nitrogens with zero attached hydrogens (tertiary/aromatic N) is 5. The zero-order valence-electron chi connectivity index (χ0n) is 30.9. The fourth-order valence-electron chi connectivity index (χ4n) is 7.77. The van der Waals surface area contributed by atoms with Crippen LogP contribution in [0.2, 0.25) is 10.0 Å². The molecule has 10 nitrogen and oxygen atoms in total. The molecule has 0 saturated carbocycles. The predicted octanol–water partition coefficient (Wildman–Crippen LogP) is 8.85. The number of aromatic amines is 1. The number of aromatic carboxylic acids is 1. The Morgan fingerprint density at radius 1 is 1.00 bits per heavy atom. The Labute approximate surface area is 318 Å². The molecule has 1 amide bonds. The Hall–Kier alpha value is -4.77. The normalized spacial score (nSPS) is 13.4. The summed E-state index contributed by atoms with van der Waals surface area (Å²) >= 11 is 13.4. The highest BCUT2D eigenvalue weighted by molar-refractivity contribution is 6.35. The molecular weight excluding hydrogens is 711 g/mol. The summed E-state index contributed by atoms with van der Waals surface area (Å²) in [6.45, 7) is 10.8. The number of nitrogens with one attached hydrogen (secondary N) is 1. The van der Waals surface area contributed by atoms with E-state index in [1.807, 2.05) is 78.3 Å². The van der Waals surface area contributed by atoms with Gasteiger partial charge in [-0.25, -0.2) is 4.79 Å². The molecule has 2 N–H and O–H groups in total. The van der Waals surface area contributed by atoms with Crippen molar-refractivity contribution >= 4 is 62.6 Å². The lowest BCUT2D eigenvalue weighted by molar-refractivity contribution is 0.0696. The standard InChI is InChI=1S/C41H44Cl2N6O4/c1-23-19-28(20-24(2)37(23)43)53-18-7-9-29-30-10-11-32(42)36(35-25(3)44-45-26(35)4)38(30)49-14-8-13-48(40(50)39(29)49)34-22-27(41(51)52)21-33-31(34)12-15-47(33)17-16-46(5)6/h10-12,15,19-22H,7-9,13-14,16-18H2,1-6H3,(H,44,45)(H,51,52). The van der Waals surface area contributed by atoms with Crippen LogP contribution in [-0.2, 0) is 19.5 Å². The number of aryl methyl sites for hydroxylation is 6. The van der Waals surface area contributed by atoms with E-state index in [1.165, 1.54) is 0 Å². The maximum absolute atomic E-state index is 15.2. The number of carboxylic acids is 1. The van der Waals surface area contributed by atoms with E-state index in [1.54, 1.807) is 17.0 Å². The smallest absolute Gasteiger partial charge is 0.335 e. The van der Waals surface area contributed by atoms with Crippen LogP contribution in [0.25, 0.3) is 32.9 Å². The lowest BCUT2D eigenvalue weighted by Gasteiger charge is -2.23. The summed E-state index contributed by atoms with van der Waals surface area (Å²) in [5, 5.41) is 20.9. The van der Waals surface area contributed by atoms with Crippen molar-refractivity contribution in [2.75, 3.05) is 38.7 Å². The lowest BCUT2D eigenvalue weighted by Crippen LogP contribution is -2.32. The molecule has 4 heterocycles. The SMILES string of the molecule is Cc1cc(OCCCc2c3n(c4c(-c5c(C)n[nH]c5C)c(Cl)ccc24)CCCN(c2cc(C(=O)O)cc4c2ccn4CCN(C)C)C3=O)cc(C)c1Cl. The summed E-state index contributed by atoms with van der Waals surface area (Å²) in [7, 11) is 4.01. The van der Waals surface area contributed by atoms with Gasteiger partial charge in [-0.3, -0.25) is 9.89 Å². The number of amides is 1. The average molecular weight is 756 g/mol. The first kappa shape index (κ1) is 36.6. The fourth-order valence-corrected chi connectivity index (χ4v) is 8.13. The number of hydrogen-bond acceptors (Lipinski definition) is 5. The Bertz CT molecular complexity index is 2360. The number of halogens is 2. The topological polar surface area (TPSA) is 109 Å². The van der Waals surface area contributed by atoms with Crippen molar-refractivity contribution in [3.8, 4) is 16.9 Å². The fraction of sp³-hybridized carbons (Fsp3) is 0.341. The summed E-state index contributed by atoms with van der Waals surface area (Å²) in [5.41, 5.74) is 9.31. The molecule has 7 rings (SSSR count). The minimum atomic E-state index is -1.04. The number of fused-ring (bicyclic) bond motifs is 4. The average Bonchev–Trinajstić information content (AvgIpc) is 3.74. The first-order valence-electron chi connectivity index (χ1n) is 17.9. The summed E-state index contributed by atoms with van der Waals surface area (Å²) < 4.78 is 10.4. The molecule has 0 fully saturated rings. The quantitative estimate of drug-likeness (QED) is 0.128. The van der Waals surface area contributed by atoms with Crippen LogP contribution in [-0.4, -0.2) is 75.0 Å². The number of aromatic nitrogens is 4. The minimum Gasteiger partial charge on any atom is -0.494 e. The summed E-state index contributed by atoms with van der Waals surface area (Å²) in [6.07, 6.45) is 3.84. The van der Waals surface area contributed by atoms with E-state index in [0.717, 1.165) is 78.3 Å². The van der Waals surface area contributed by atoms with Crippen molar-refractivity contribution in [3.05, 3.63) is 98.0 Å². The number of rotatable bonds is 11. The number of hydrogen-bond donors (Lipinski definition) is 2. The second-order valence-corrected chi connectivity index (χ2v) is 15.1. The molecule has 0 atom stereocenters. The van der Waals surface area contributed by atoms with E-state index >= 15 is 4.79 Å². The highest BCUT2D eigenvalue weighted by atomic mass is 35.5. The third-order valence-electron chi connectivity index (χ3n) is 10.3. The molecule has 0 saturated heterocycles. The second kappa shape index (κ2) is 14.6. The van der Waals surface area contributed by atoms with Gasteiger partial charge in [0.2, 0.25) is 0 Å². The number of benzene rings is 3. The molecule has 276 valence electrons. The Morgan fingerprint density at radius 3 is 2.43 bits per heavy atom. The van der Waals surface area contributed by atoms with E-state index in [-0.39, 0.29) is 11.5 Å². The number of carboxylic acid groups (broad SMARTS) is 1. The van der Waals surface area contributed by atoms with Crippen LogP contribution < -0.4 is 9.64 Å². The largest absolute Gasteiger partial charge is 0.494 e. The molecule has 0 bridgehead atoms. The first-order chi connectivity index (χ1) is 25.3. The molecule has 0 unspecified atom stereocenters. The van der Waals surface area contributed by atoms with Crippen LogP contribution in [0.5, 0.6) is 5.75 Å². The van der Waals surface area contributed by atoms with Gasteiger partial charge >= 0.3 is 5.97 Å². The van der Waals surface area contributed by atoms with E-state index in [4.69, 9.17) is 27.9 Å². The van der Waals surface area contributed by atoms with Crippen molar-refractivity contribution in [1.29, 1.82) is 0 Å². The number of anilines is 1. The van der Waals surface area contributed by atoms with Crippen LogP contribution in [0.3, 0.4) is 0 Å². The molecule has 0 spiro atoms. The Kier molecular flexibility index (Phi) is 10.1. The van der Waals surface area contributed by atoms with E-state index in [2.05, 4.69) is 24.2 Å². The van der Waals surface area contributed by atoms with E-state index < -0.39 is 5.97 Å². The molecule has 0 aliphatic carbocycles. The zero-order chi connectivity index (χ0) is 37.7. The summed E-state index contributed by atoms with van der Waals surface area (Å²) in [4.78, 5) is 31.5. The minimum absolute atomic E-state index is 0.139. The summed E-state index contributed by atoms with van der Waals surface area (Å²) in [6, 6.07) is 13.1. The maximum atomic E-state index is 15.2. The number of H-pyrrole nitrogens is 1. The van der Waals surface area contributed by atoms with Gasteiger partial charge in [-0.2, -0.15) is 5.10 Å². The van der Waals surface area contributed by atoms with Crippen molar-refractivity contribution in [1.82, 2.24) is 24.2 Å². The molecule has 12 heteroatoms. The molecule has 6 aromatic rings. The highest BCUT2D eigenvalue weighted by Gasteiger charge is 2.33. The second-order valence-electron chi connectivity index (χ2n) is 14.3. The maximum Gasteiger partial charge on any atom is 0.335 e. The molecule has 53 heavy (non-hydrogen) atoms. The summed E-state index contributed by atoms with van der Waals surface area (Å²) in [5.74, 6) is -0.458. The van der Waals surface area contributed by atoms with Crippen molar-refractivity contribution in [2.45, 2.75) is 60.0 Å². The number of likely N-dealkylation sites (N-methyl/N-ethyl adjacent to an activating group) is 1. The van der Waals surface area contributed by atoms with Crippen LogP contribution >= 0.6 is 23.2 Å². The van der Waals surface area contributed by atoms with Crippen LogP contribution in [0.15, 0.2) is 48.7 Å². The highest BCUT2D eigenvalue weighted by Crippen LogP contribution is 2.43. The predicted molar refractivity (Wildman–Crippen MR) is 212 cm³/mol. The molecule has 1 aliphatic heterocycles. The lowest BCUT2D eigenvalue weighted by atomic mass is 9.98. The van der Waals surface area contributed by atoms with Gasteiger partial charge in [0.05, 0.1) is 39.6 Å². The van der Waals surface area contributed by atoms with E-state index in [0.29, 0.717) is 61.9 Å².